The van der Waals surface area contributed by atoms with E-state index in [0.29, 0.717) is 5.92 Å². The van der Waals surface area contributed by atoms with Gasteiger partial charge in [-0.1, -0.05) is 0 Å². The lowest BCUT2D eigenvalue weighted by atomic mass is 10.1. The molecule has 0 bridgehead atoms. The Morgan fingerprint density at radius 1 is 1.03 bits per heavy atom. The van der Waals surface area contributed by atoms with Gasteiger partial charge in [0, 0.05) is 43.5 Å². The minimum absolute atomic E-state index is 0.110. The molecule has 0 amide bonds. The van der Waals surface area contributed by atoms with Crippen molar-refractivity contribution in [2.24, 2.45) is 0 Å². The molecule has 1 saturated carbocycles. The van der Waals surface area contributed by atoms with Crippen molar-refractivity contribution in [2.45, 2.75) is 38.7 Å². The van der Waals surface area contributed by atoms with Crippen molar-refractivity contribution in [2.75, 3.05) is 36.0 Å². The van der Waals surface area contributed by atoms with Gasteiger partial charge in [0.15, 0.2) is 0 Å². The van der Waals surface area contributed by atoms with E-state index in [-0.39, 0.29) is 6.10 Å². The van der Waals surface area contributed by atoms with Crippen LogP contribution in [0, 0.1) is 0 Å². The number of benzene rings is 1. The van der Waals surface area contributed by atoms with Gasteiger partial charge in [0.05, 0.1) is 23.5 Å². The summed E-state index contributed by atoms with van der Waals surface area (Å²) in [5.41, 5.74) is 2.54. The predicted octanol–water partition coefficient (Wildman–Crippen LogP) is 4.00. The SMILES string of the molecule is CC(C)Oc1ccc2[nH]nc(-c3cc(N4CCN(c5ncc(C6CC6)o5)CC4)ncn3)c2c1. The molecule has 2 fully saturated rings. The van der Waals surface area contributed by atoms with Crippen LogP contribution in [0.1, 0.15) is 38.4 Å². The van der Waals surface area contributed by atoms with Crippen molar-refractivity contribution in [1.29, 1.82) is 0 Å². The summed E-state index contributed by atoms with van der Waals surface area (Å²) in [7, 11) is 0. The fourth-order valence-corrected chi connectivity index (χ4v) is 4.29. The Labute approximate surface area is 191 Å². The van der Waals surface area contributed by atoms with Crippen LogP contribution in [-0.2, 0) is 0 Å². The number of nitrogens with zero attached hydrogens (tertiary/aromatic N) is 6. The fraction of sp³-hybridized carbons (Fsp3) is 0.417. The quantitative estimate of drug-likeness (QED) is 0.476. The molecule has 1 N–H and O–H groups in total. The zero-order chi connectivity index (χ0) is 22.4. The van der Waals surface area contributed by atoms with Gasteiger partial charge >= 0.3 is 0 Å². The number of aromatic amines is 1. The van der Waals surface area contributed by atoms with Crippen LogP contribution in [0.5, 0.6) is 5.75 Å². The fourth-order valence-electron chi connectivity index (χ4n) is 4.29. The van der Waals surface area contributed by atoms with E-state index >= 15 is 0 Å². The Kier molecular flexibility index (Phi) is 4.89. The van der Waals surface area contributed by atoms with E-state index in [1.807, 2.05) is 44.3 Å². The molecule has 4 heterocycles. The van der Waals surface area contributed by atoms with Crippen LogP contribution in [0.4, 0.5) is 11.8 Å². The zero-order valence-corrected chi connectivity index (χ0v) is 18.9. The van der Waals surface area contributed by atoms with Gasteiger partial charge in [-0.3, -0.25) is 5.10 Å². The molecule has 1 aromatic carbocycles. The average molecular weight is 446 g/mol. The maximum Gasteiger partial charge on any atom is 0.297 e. The number of rotatable bonds is 6. The van der Waals surface area contributed by atoms with Crippen LogP contribution in [0.2, 0.25) is 0 Å². The van der Waals surface area contributed by atoms with Crippen LogP contribution < -0.4 is 14.5 Å². The van der Waals surface area contributed by atoms with Gasteiger partial charge in [0.25, 0.3) is 6.01 Å². The van der Waals surface area contributed by atoms with Gasteiger partial charge in [-0.15, -0.1) is 0 Å². The molecule has 4 aromatic rings. The number of hydrogen-bond donors (Lipinski definition) is 1. The molecule has 33 heavy (non-hydrogen) atoms. The summed E-state index contributed by atoms with van der Waals surface area (Å²) in [5.74, 6) is 3.33. The standard InChI is InChI=1S/C24H27N7O2/c1-15(2)32-17-5-6-19-18(11-17)23(29-28-19)20-12-22(27-14-26-20)30-7-9-31(10-8-30)24-25-13-21(33-24)16-3-4-16/h5-6,11-16H,3-4,7-10H2,1-2H3,(H,28,29). The summed E-state index contributed by atoms with van der Waals surface area (Å²) in [6.45, 7) is 7.39. The number of piperazine rings is 1. The van der Waals surface area contributed by atoms with Crippen molar-refractivity contribution in [3.05, 3.63) is 42.5 Å². The summed E-state index contributed by atoms with van der Waals surface area (Å²) < 4.78 is 11.8. The van der Waals surface area contributed by atoms with Crippen LogP contribution in [-0.4, -0.2) is 57.4 Å². The normalized spacial score (nSPS) is 16.7. The molecule has 2 aliphatic rings. The molecular formula is C24H27N7O2. The smallest absolute Gasteiger partial charge is 0.297 e. The molecule has 1 saturated heterocycles. The second kappa shape index (κ2) is 8.06. The number of H-pyrrole nitrogens is 1. The zero-order valence-electron chi connectivity index (χ0n) is 18.9. The Balaban J connectivity index is 1.20. The third-order valence-electron chi connectivity index (χ3n) is 6.17. The summed E-state index contributed by atoms with van der Waals surface area (Å²) in [6, 6.07) is 8.71. The highest BCUT2D eigenvalue weighted by atomic mass is 16.5. The molecule has 0 unspecified atom stereocenters. The highest BCUT2D eigenvalue weighted by molar-refractivity contribution is 5.93. The molecule has 170 valence electrons. The Morgan fingerprint density at radius 2 is 1.85 bits per heavy atom. The van der Waals surface area contributed by atoms with Gasteiger partial charge in [0.1, 0.15) is 29.3 Å². The second-order valence-electron chi connectivity index (χ2n) is 9.00. The van der Waals surface area contributed by atoms with E-state index in [1.165, 1.54) is 12.8 Å². The van der Waals surface area contributed by atoms with E-state index in [2.05, 4.69) is 34.9 Å². The molecule has 0 atom stereocenters. The lowest BCUT2D eigenvalue weighted by Gasteiger charge is -2.34. The molecule has 6 rings (SSSR count). The summed E-state index contributed by atoms with van der Waals surface area (Å²) in [6.07, 6.45) is 6.05. The summed E-state index contributed by atoms with van der Waals surface area (Å²) >= 11 is 0. The predicted molar refractivity (Wildman–Crippen MR) is 126 cm³/mol. The molecule has 9 heteroatoms. The first-order valence-corrected chi connectivity index (χ1v) is 11.6. The molecule has 3 aromatic heterocycles. The number of fused-ring (bicyclic) bond motifs is 1. The minimum atomic E-state index is 0.110. The Hall–Kier alpha value is -3.62. The van der Waals surface area contributed by atoms with Gasteiger partial charge in [0.2, 0.25) is 0 Å². The first-order chi connectivity index (χ1) is 16.1. The van der Waals surface area contributed by atoms with Crippen LogP contribution in [0.15, 0.2) is 41.2 Å². The van der Waals surface area contributed by atoms with Gasteiger partial charge < -0.3 is 19.0 Å². The summed E-state index contributed by atoms with van der Waals surface area (Å²) in [5, 5.41) is 8.61. The Morgan fingerprint density at radius 3 is 2.64 bits per heavy atom. The molecule has 9 nitrogen and oxygen atoms in total. The van der Waals surface area contributed by atoms with Crippen molar-refractivity contribution >= 4 is 22.7 Å². The Bertz CT molecular complexity index is 1270. The third kappa shape index (κ3) is 3.99. The lowest BCUT2D eigenvalue weighted by Crippen LogP contribution is -2.47. The molecule has 0 radical (unpaired) electrons. The molecule has 1 aliphatic heterocycles. The molecule has 0 spiro atoms. The first kappa shape index (κ1) is 20.0. The number of nitrogens with one attached hydrogen (secondary N) is 1. The van der Waals surface area contributed by atoms with E-state index in [4.69, 9.17) is 9.15 Å². The molecular weight excluding hydrogens is 418 g/mol. The minimum Gasteiger partial charge on any atom is -0.491 e. The number of anilines is 2. The highest BCUT2D eigenvalue weighted by Gasteiger charge is 2.29. The lowest BCUT2D eigenvalue weighted by molar-refractivity contribution is 0.243. The number of hydrogen-bond acceptors (Lipinski definition) is 8. The van der Waals surface area contributed by atoms with Gasteiger partial charge in [-0.05, 0) is 44.9 Å². The average Bonchev–Trinajstić information content (AvgIpc) is 3.41. The van der Waals surface area contributed by atoms with Crippen LogP contribution in [0.3, 0.4) is 0 Å². The maximum atomic E-state index is 5.98. The van der Waals surface area contributed by atoms with Crippen molar-refractivity contribution in [3.8, 4) is 17.1 Å². The van der Waals surface area contributed by atoms with Crippen LogP contribution in [0.25, 0.3) is 22.3 Å². The highest BCUT2D eigenvalue weighted by Crippen LogP contribution is 2.41. The van der Waals surface area contributed by atoms with Crippen molar-refractivity contribution in [1.82, 2.24) is 25.1 Å². The molecule has 1 aliphatic carbocycles. The van der Waals surface area contributed by atoms with Crippen molar-refractivity contribution < 1.29 is 9.15 Å². The van der Waals surface area contributed by atoms with E-state index in [0.717, 1.165) is 71.8 Å². The van der Waals surface area contributed by atoms with Gasteiger partial charge in [-0.25, -0.2) is 15.0 Å². The largest absolute Gasteiger partial charge is 0.491 e. The topological polar surface area (TPSA) is 96.2 Å². The number of ether oxygens (including phenoxy) is 1. The number of oxazole rings is 1. The van der Waals surface area contributed by atoms with E-state index in [9.17, 15) is 0 Å². The maximum absolute atomic E-state index is 5.98. The second-order valence-corrected chi connectivity index (χ2v) is 9.00. The first-order valence-electron chi connectivity index (χ1n) is 11.6. The van der Waals surface area contributed by atoms with Crippen LogP contribution >= 0.6 is 0 Å². The summed E-state index contributed by atoms with van der Waals surface area (Å²) in [4.78, 5) is 18.0. The van der Waals surface area contributed by atoms with Crippen molar-refractivity contribution in [3.63, 3.8) is 0 Å². The third-order valence-corrected chi connectivity index (χ3v) is 6.17. The van der Waals surface area contributed by atoms with E-state index in [1.54, 1.807) is 6.33 Å². The monoisotopic (exact) mass is 445 g/mol. The number of aromatic nitrogens is 5. The van der Waals surface area contributed by atoms with E-state index < -0.39 is 0 Å². The van der Waals surface area contributed by atoms with Gasteiger partial charge in [-0.2, -0.15) is 5.10 Å².